The van der Waals surface area contributed by atoms with Crippen LogP contribution in [0.4, 0.5) is 5.82 Å². The summed E-state index contributed by atoms with van der Waals surface area (Å²) in [5.74, 6) is 0.479. The molecule has 2 aromatic heterocycles. The number of ether oxygens (including phenoxy) is 1. The monoisotopic (exact) mass is 323 g/mol. The number of amides is 1. The summed E-state index contributed by atoms with van der Waals surface area (Å²) in [4.78, 5) is 29.3. The summed E-state index contributed by atoms with van der Waals surface area (Å²) >= 11 is 0. The fourth-order valence-corrected chi connectivity index (χ4v) is 2.49. The van der Waals surface area contributed by atoms with Gasteiger partial charge < -0.3 is 14.6 Å². The molecule has 6 heteroatoms. The Kier molecular flexibility index (Phi) is 4.04. The first-order chi connectivity index (χ1) is 11.5. The third-order valence-corrected chi connectivity index (χ3v) is 3.79. The number of aryl methyl sites for hydroxylation is 2. The Morgan fingerprint density at radius 1 is 1.25 bits per heavy atom. The average molecular weight is 323 g/mol. The number of nitrogens with one attached hydrogen (secondary N) is 1. The number of pyridine rings is 2. The van der Waals surface area contributed by atoms with E-state index in [2.05, 4.69) is 10.3 Å². The molecule has 0 saturated carbocycles. The van der Waals surface area contributed by atoms with E-state index in [0.29, 0.717) is 17.0 Å². The van der Waals surface area contributed by atoms with E-state index in [1.807, 2.05) is 13.0 Å². The number of rotatable bonds is 3. The Hall–Kier alpha value is -3.15. The van der Waals surface area contributed by atoms with Gasteiger partial charge in [0.1, 0.15) is 17.1 Å². The van der Waals surface area contributed by atoms with Gasteiger partial charge in [-0.1, -0.05) is 6.07 Å². The Labute approximate surface area is 138 Å². The van der Waals surface area contributed by atoms with Gasteiger partial charge >= 0.3 is 0 Å². The second-order valence-electron chi connectivity index (χ2n) is 5.54. The van der Waals surface area contributed by atoms with Crippen LogP contribution in [0.3, 0.4) is 0 Å². The van der Waals surface area contributed by atoms with Gasteiger partial charge in [-0.25, -0.2) is 4.98 Å². The van der Waals surface area contributed by atoms with Gasteiger partial charge in [-0.3, -0.25) is 9.59 Å². The van der Waals surface area contributed by atoms with Crippen LogP contribution in [-0.2, 0) is 7.05 Å². The lowest BCUT2D eigenvalue weighted by atomic mass is 10.1. The van der Waals surface area contributed by atoms with Crippen LogP contribution in [0.1, 0.15) is 15.9 Å². The Bertz CT molecular complexity index is 975. The molecule has 1 aromatic carbocycles. The highest BCUT2D eigenvalue weighted by molar-refractivity contribution is 6.05. The molecule has 0 bridgehead atoms. The average Bonchev–Trinajstić information content (AvgIpc) is 2.59. The standard InChI is InChI=1S/C18H17N3O3/c1-11-4-7-16(19-9-11)20-18(23)14-10-21(2)15-6-5-12(24-3)8-13(15)17(14)22/h4-10H,1-3H3,(H,19,20,23). The minimum atomic E-state index is -0.489. The maximum Gasteiger partial charge on any atom is 0.262 e. The molecule has 0 fully saturated rings. The van der Waals surface area contributed by atoms with Crippen molar-refractivity contribution < 1.29 is 9.53 Å². The summed E-state index contributed by atoms with van der Waals surface area (Å²) in [7, 11) is 3.32. The number of fused-ring (bicyclic) bond motifs is 1. The maximum atomic E-state index is 12.7. The molecule has 0 saturated heterocycles. The number of carbonyl (C=O) groups is 1. The zero-order valence-electron chi connectivity index (χ0n) is 13.7. The van der Waals surface area contributed by atoms with Crippen LogP contribution < -0.4 is 15.5 Å². The van der Waals surface area contributed by atoms with Gasteiger partial charge in [-0.05, 0) is 36.8 Å². The lowest BCUT2D eigenvalue weighted by Gasteiger charge is -2.10. The molecule has 1 amide bonds. The molecule has 0 atom stereocenters. The molecule has 6 nitrogen and oxygen atoms in total. The second-order valence-corrected chi connectivity index (χ2v) is 5.54. The van der Waals surface area contributed by atoms with Crippen LogP contribution in [0.5, 0.6) is 5.75 Å². The Morgan fingerprint density at radius 3 is 2.71 bits per heavy atom. The van der Waals surface area contributed by atoms with Crippen LogP contribution in [0, 0.1) is 6.92 Å². The van der Waals surface area contributed by atoms with Crippen molar-refractivity contribution in [3.63, 3.8) is 0 Å². The lowest BCUT2D eigenvalue weighted by molar-refractivity contribution is 0.102. The van der Waals surface area contributed by atoms with E-state index in [1.165, 1.54) is 13.3 Å². The highest BCUT2D eigenvalue weighted by Crippen LogP contribution is 2.18. The summed E-state index contributed by atoms with van der Waals surface area (Å²) in [6.07, 6.45) is 3.18. The van der Waals surface area contributed by atoms with Crippen LogP contribution in [-0.4, -0.2) is 22.6 Å². The summed E-state index contributed by atoms with van der Waals surface area (Å²) < 4.78 is 6.91. The maximum absolute atomic E-state index is 12.7. The molecule has 0 spiro atoms. The van der Waals surface area contributed by atoms with E-state index in [1.54, 1.807) is 42.1 Å². The molecular formula is C18H17N3O3. The van der Waals surface area contributed by atoms with Crippen molar-refractivity contribution in [2.24, 2.45) is 7.05 Å². The SMILES string of the molecule is COc1ccc2c(c1)c(=O)c(C(=O)Nc1ccc(C)cn1)cn2C. The van der Waals surface area contributed by atoms with Crippen molar-refractivity contribution in [1.29, 1.82) is 0 Å². The summed E-state index contributed by atoms with van der Waals surface area (Å²) in [6, 6.07) is 8.74. The lowest BCUT2D eigenvalue weighted by Crippen LogP contribution is -2.23. The quantitative estimate of drug-likeness (QED) is 0.804. The third kappa shape index (κ3) is 2.86. The molecule has 0 aliphatic rings. The molecule has 3 aromatic rings. The van der Waals surface area contributed by atoms with Gasteiger partial charge in [0.05, 0.1) is 18.0 Å². The van der Waals surface area contributed by atoms with Gasteiger partial charge in [-0.15, -0.1) is 0 Å². The number of anilines is 1. The predicted molar refractivity (Wildman–Crippen MR) is 92.7 cm³/mol. The van der Waals surface area contributed by atoms with Crippen molar-refractivity contribution in [1.82, 2.24) is 9.55 Å². The summed E-state index contributed by atoms with van der Waals surface area (Å²) in [5.41, 5.74) is 1.43. The molecule has 0 aliphatic carbocycles. The van der Waals surface area contributed by atoms with Gasteiger partial charge in [0, 0.05) is 19.4 Å². The number of hydrogen-bond donors (Lipinski definition) is 1. The molecule has 1 N–H and O–H groups in total. The van der Waals surface area contributed by atoms with Crippen LogP contribution >= 0.6 is 0 Å². The van der Waals surface area contributed by atoms with Crippen molar-refractivity contribution in [2.45, 2.75) is 6.92 Å². The predicted octanol–water partition coefficient (Wildman–Crippen LogP) is 2.50. The topological polar surface area (TPSA) is 73.2 Å². The number of benzene rings is 1. The molecular weight excluding hydrogens is 306 g/mol. The number of carbonyl (C=O) groups excluding carboxylic acids is 1. The van der Waals surface area contributed by atoms with Crippen LogP contribution in [0.25, 0.3) is 10.9 Å². The Morgan fingerprint density at radius 2 is 2.04 bits per heavy atom. The summed E-state index contributed by atoms with van der Waals surface area (Å²) in [6.45, 7) is 1.91. The normalized spacial score (nSPS) is 10.6. The van der Waals surface area contributed by atoms with Gasteiger partial charge in [0.25, 0.3) is 5.91 Å². The number of aromatic nitrogens is 2. The molecule has 122 valence electrons. The molecule has 0 unspecified atom stereocenters. The van der Waals surface area contributed by atoms with E-state index in [-0.39, 0.29) is 11.0 Å². The zero-order chi connectivity index (χ0) is 17.3. The van der Waals surface area contributed by atoms with E-state index >= 15 is 0 Å². The van der Waals surface area contributed by atoms with E-state index in [0.717, 1.165) is 11.1 Å². The smallest absolute Gasteiger partial charge is 0.262 e. The minimum absolute atomic E-state index is 0.0561. The largest absolute Gasteiger partial charge is 0.497 e. The minimum Gasteiger partial charge on any atom is -0.497 e. The molecule has 2 heterocycles. The highest BCUT2D eigenvalue weighted by atomic mass is 16.5. The first-order valence-electron chi connectivity index (χ1n) is 7.41. The van der Waals surface area contributed by atoms with Crippen molar-refractivity contribution >= 4 is 22.6 Å². The first-order valence-corrected chi connectivity index (χ1v) is 7.41. The fourth-order valence-electron chi connectivity index (χ4n) is 2.49. The van der Waals surface area contributed by atoms with E-state index < -0.39 is 5.91 Å². The number of nitrogens with zero attached hydrogens (tertiary/aromatic N) is 2. The second kappa shape index (κ2) is 6.16. The fraction of sp³-hybridized carbons (Fsp3) is 0.167. The number of hydrogen-bond acceptors (Lipinski definition) is 4. The molecule has 24 heavy (non-hydrogen) atoms. The van der Waals surface area contributed by atoms with Gasteiger partial charge in [0.15, 0.2) is 0 Å². The molecule has 0 aliphatic heterocycles. The third-order valence-electron chi connectivity index (χ3n) is 3.79. The van der Waals surface area contributed by atoms with Gasteiger partial charge in [0.2, 0.25) is 5.43 Å². The number of methoxy groups -OCH3 is 1. The molecule has 0 radical (unpaired) electrons. The van der Waals surface area contributed by atoms with E-state index in [4.69, 9.17) is 4.74 Å². The van der Waals surface area contributed by atoms with E-state index in [9.17, 15) is 9.59 Å². The Balaban J connectivity index is 2.05. The zero-order valence-corrected chi connectivity index (χ0v) is 13.7. The highest BCUT2D eigenvalue weighted by Gasteiger charge is 2.15. The van der Waals surface area contributed by atoms with Crippen molar-refractivity contribution in [3.05, 3.63) is 64.1 Å². The first kappa shape index (κ1) is 15.7. The van der Waals surface area contributed by atoms with Crippen LogP contribution in [0.15, 0.2) is 47.5 Å². The van der Waals surface area contributed by atoms with Crippen molar-refractivity contribution in [2.75, 3.05) is 12.4 Å². The molecule has 3 rings (SSSR count). The van der Waals surface area contributed by atoms with Gasteiger partial charge in [-0.2, -0.15) is 0 Å². The van der Waals surface area contributed by atoms with Crippen LogP contribution in [0.2, 0.25) is 0 Å². The van der Waals surface area contributed by atoms with Crippen molar-refractivity contribution in [3.8, 4) is 5.75 Å². The summed E-state index contributed by atoms with van der Waals surface area (Å²) in [5, 5.41) is 3.08.